The number of piperazine rings is 1. The third-order valence-electron chi connectivity index (χ3n) is 5.14. The molecule has 0 radical (unpaired) electrons. The van der Waals surface area contributed by atoms with E-state index in [9.17, 15) is 4.39 Å². The summed E-state index contributed by atoms with van der Waals surface area (Å²) in [7, 11) is 0. The summed E-state index contributed by atoms with van der Waals surface area (Å²) in [5.74, 6) is -0.115. The summed E-state index contributed by atoms with van der Waals surface area (Å²) in [6.07, 6.45) is 0. The molecular formula is C18H28FN3O. The highest BCUT2D eigenvalue weighted by Crippen LogP contribution is 2.22. The maximum atomic E-state index is 14.0. The molecule has 2 fully saturated rings. The SMILES string of the molecule is C[C@@H]1CN(c2ccccc2F)CCN1CCN1CCOC[C@@H]1C. The number of nitrogens with zero attached hydrogens (tertiary/aromatic N) is 3. The Labute approximate surface area is 138 Å². The van der Waals surface area contributed by atoms with Crippen molar-refractivity contribution in [3.63, 3.8) is 0 Å². The average Bonchev–Trinajstić information content (AvgIpc) is 2.55. The van der Waals surface area contributed by atoms with E-state index in [4.69, 9.17) is 4.74 Å². The second-order valence-electron chi connectivity index (χ2n) is 6.74. The predicted molar refractivity (Wildman–Crippen MR) is 91.5 cm³/mol. The number of hydrogen-bond donors (Lipinski definition) is 0. The Morgan fingerprint density at radius 2 is 1.78 bits per heavy atom. The lowest BCUT2D eigenvalue weighted by molar-refractivity contribution is -0.00593. The molecule has 0 spiro atoms. The molecule has 0 unspecified atom stereocenters. The molecule has 0 bridgehead atoms. The van der Waals surface area contributed by atoms with Crippen LogP contribution in [0.1, 0.15) is 13.8 Å². The topological polar surface area (TPSA) is 19.0 Å². The van der Waals surface area contributed by atoms with Gasteiger partial charge in [0.2, 0.25) is 0 Å². The van der Waals surface area contributed by atoms with Gasteiger partial charge in [-0.25, -0.2) is 4.39 Å². The van der Waals surface area contributed by atoms with Crippen LogP contribution >= 0.6 is 0 Å². The van der Waals surface area contributed by atoms with Crippen LogP contribution in [0.15, 0.2) is 24.3 Å². The molecule has 5 heteroatoms. The van der Waals surface area contributed by atoms with Crippen molar-refractivity contribution in [1.82, 2.24) is 9.80 Å². The lowest BCUT2D eigenvalue weighted by Crippen LogP contribution is -2.55. The van der Waals surface area contributed by atoms with Crippen LogP contribution in [-0.4, -0.2) is 74.4 Å². The molecule has 3 rings (SSSR count). The number of halogens is 1. The fraction of sp³-hybridized carbons (Fsp3) is 0.667. The normalized spacial score (nSPS) is 27.3. The summed E-state index contributed by atoms with van der Waals surface area (Å²) in [4.78, 5) is 7.22. The van der Waals surface area contributed by atoms with Gasteiger partial charge in [-0.05, 0) is 26.0 Å². The van der Waals surface area contributed by atoms with Crippen LogP contribution in [-0.2, 0) is 4.74 Å². The van der Waals surface area contributed by atoms with Crippen LogP contribution in [0.5, 0.6) is 0 Å². The number of ether oxygens (including phenoxy) is 1. The minimum absolute atomic E-state index is 0.115. The highest BCUT2D eigenvalue weighted by atomic mass is 19.1. The van der Waals surface area contributed by atoms with Gasteiger partial charge in [0.15, 0.2) is 0 Å². The second-order valence-corrected chi connectivity index (χ2v) is 6.74. The molecule has 2 saturated heterocycles. The fourth-order valence-electron chi connectivity index (χ4n) is 3.60. The van der Waals surface area contributed by atoms with Crippen LogP contribution in [0.25, 0.3) is 0 Å². The van der Waals surface area contributed by atoms with Crippen LogP contribution in [0, 0.1) is 5.82 Å². The first-order valence-corrected chi connectivity index (χ1v) is 8.70. The molecule has 2 aliphatic heterocycles. The minimum atomic E-state index is -0.115. The largest absolute Gasteiger partial charge is 0.379 e. The summed E-state index contributed by atoms with van der Waals surface area (Å²) >= 11 is 0. The molecule has 1 aromatic rings. The monoisotopic (exact) mass is 321 g/mol. The van der Waals surface area contributed by atoms with Gasteiger partial charge in [0, 0.05) is 51.4 Å². The molecule has 0 aliphatic carbocycles. The molecule has 4 nitrogen and oxygen atoms in total. The van der Waals surface area contributed by atoms with Gasteiger partial charge in [-0.2, -0.15) is 0 Å². The number of para-hydroxylation sites is 1. The standard InChI is InChI=1S/C18H28FN3O/c1-15-13-22(18-6-4-3-5-17(18)19)10-9-20(15)7-8-21-11-12-23-14-16(21)2/h3-6,15-16H,7-14H2,1-2H3/t15-,16+/m1/s1. The number of rotatable bonds is 4. The quantitative estimate of drug-likeness (QED) is 0.845. The molecule has 0 aromatic heterocycles. The van der Waals surface area contributed by atoms with Gasteiger partial charge in [-0.1, -0.05) is 12.1 Å². The van der Waals surface area contributed by atoms with Crippen molar-refractivity contribution < 1.29 is 9.13 Å². The van der Waals surface area contributed by atoms with Gasteiger partial charge in [0.1, 0.15) is 5.82 Å². The Morgan fingerprint density at radius 1 is 1.04 bits per heavy atom. The van der Waals surface area contributed by atoms with Crippen LogP contribution in [0.3, 0.4) is 0 Å². The highest BCUT2D eigenvalue weighted by molar-refractivity contribution is 5.48. The van der Waals surface area contributed by atoms with E-state index in [1.165, 1.54) is 0 Å². The molecule has 0 amide bonds. The summed E-state index contributed by atoms with van der Waals surface area (Å²) in [6.45, 7) is 12.2. The van der Waals surface area contributed by atoms with Crippen LogP contribution in [0.2, 0.25) is 0 Å². The number of hydrogen-bond acceptors (Lipinski definition) is 4. The van der Waals surface area contributed by atoms with Crippen molar-refractivity contribution in [2.45, 2.75) is 25.9 Å². The summed E-state index contributed by atoms with van der Waals surface area (Å²) < 4.78 is 19.5. The van der Waals surface area contributed by atoms with E-state index in [2.05, 4.69) is 28.5 Å². The van der Waals surface area contributed by atoms with Gasteiger partial charge >= 0.3 is 0 Å². The maximum Gasteiger partial charge on any atom is 0.146 e. The molecule has 0 saturated carbocycles. The predicted octanol–water partition coefficient (Wildman–Crippen LogP) is 2.06. The first-order chi connectivity index (χ1) is 11.1. The third-order valence-corrected chi connectivity index (χ3v) is 5.14. The van der Waals surface area contributed by atoms with Gasteiger partial charge in [0.05, 0.1) is 18.9 Å². The highest BCUT2D eigenvalue weighted by Gasteiger charge is 2.26. The molecule has 2 aliphatic rings. The Morgan fingerprint density at radius 3 is 2.48 bits per heavy atom. The van der Waals surface area contributed by atoms with Crippen LogP contribution in [0.4, 0.5) is 10.1 Å². The minimum Gasteiger partial charge on any atom is -0.379 e. The number of anilines is 1. The molecule has 23 heavy (non-hydrogen) atoms. The molecule has 1 aromatic carbocycles. The van der Waals surface area contributed by atoms with E-state index in [0.717, 1.165) is 58.2 Å². The Balaban J connectivity index is 1.52. The first kappa shape index (κ1) is 16.7. The van der Waals surface area contributed by atoms with E-state index in [1.54, 1.807) is 12.1 Å². The van der Waals surface area contributed by atoms with Crippen molar-refractivity contribution in [2.24, 2.45) is 0 Å². The van der Waals surface area contributed by atoms with Gasteiger partial charge in [-0.15, -0.1) is 0 Å². The Hall–Kier alpha value is -1.17. The average molecular weight is 321 g/mol. The molecule has 0 N–H and O–H groups in total. The zero-order valence-corrected chi connectivity index (χ0v) is 14.2. The first-order valence-electron chi connectivity index (χ1n) is 8.70. The maximum absolute atomic E-state index is 14.0. The molecule has 2 atom stereocenters. The Bertz CT molecular complexity index is 513. The van der Waals surface area contributed by atoms with E-state index >= 15 is 0 Å². The lowest BCUT2D eigenvalue weighted by Gasteiger charge is -2.42. The van der Waals surface area contributed by atoms with Crippen molar-refractivity contribution in [1.29, 1.82) is 0 Å². The van der Waals surface area contributed by atoms with Crippen molar-refractivity contribution in [3.05, 3.63) is 30.1 Å². The van der Waals surface area contributed by atoms with Gasteiger partial charge in [0.25, 0.3) is 0 Å². The smallest absolute Gasteiger partial charge is 0.146 e. The van der Waals surface area contributed by atoms with Gasteiger partial charge in [-0.3, -0.25) is 9.80 Å². The van der Waals surface area contributed by atoms with E-state index < -0.39 is 0 Å². The van der Waals surface area contributed by atoms with Crippen molar-refractivity contribution in [3.8, 4) is 0 Å². The Kier molecular flexibility index (Phi) is 5.51. The summed E-state index contributed by atoms with van der Waals surface area (Å²) in [6, 6.07) is 8.05. The zero-order valence-electron chi connectivity index (χ0n) is 14.2. The third kappa shape index (κ3) is 4.03. The summed E-state index contributed by atoms with van der Waals surface area (Å²) in [5.41, 5.74) is 0.737. The molecule has 128 valence electrons. The molecular weight excluding hydrogens is 293 g/mol. The number of morpholine rings is 1. The fourth-order valence-corrected chi connectivity index (χ4v) is 3.60. The summed E-state index contributed by atoms with van der Waals surface area (Å²) in [5, 5.41) is 0. The van der Waals surface area contributed by atoms with Crippen molar-refractivity contribution in [2.75, 3.05) is 57.4 Å². The number of benzene rings is 1. The van der Waals surface area contributed by atoms with E-state index in [-0.39, 0.29) is 5.82 Å². The van der Waals surface area contributed by atoms with E-state index in [0.29, 0.717) is 12.1 Å². The van der Waals surface area contributed by atoms with Crippen molar-refractivity contribution >= 4 is 5.69 Å². The van der Waals surface area contributed by atoms with Crippen LogP contribution < -0.4 is 4.90 Å². The molecule has 2 heterocycles. The zero-order chi connectivity index (χ0) is 16.2. The van der Waals surface area contributed by atoms with Gasteiger partial charge < -0.3 is 9.64 Å². The van der Waals surface area contributed by atoms with E-state index in [1.807, 2.05) is 12.1 Å². The second kappa shape index (κ2) is 7.60. The lowest BCUT2D eigenvalue weighted by atomic mass is 10.1.